The molecular weight excluding hydrogens is 408 g/mol. The van der Waals surface area contributed by atoms with Gasteiger partial charge in [0.1, 0.15) is 5.52 Å². The number of H-pyrrole nitrogens is 1. The number of nitrogens with zero attached hydrogens (tertiary/aromatic N) is 2. The summed E-state index contributed by atoms with van der Waals surface area (Å²) in [7, 11) is 0. The van der Waals surface area contributed by atoms with Crippen molar-refractivity contribution in [2.45, 2.75) is 32.0 Å². The Morgan fingerprint density at radius 1 is 1.13 bits per heavy atom. The van der Waals surface area contributed by atoms with Crippen molar-refractivity contribution in [3.8, 4) is 5.69 Å². The van der Waals surface area contributed by atoms with E-state index in [2.05, 4.69) is 15.3 Å². The fraction of sp³-hybridized carbons (Fsp3) is 0.208. The largest absolute Gasteiger partial charge is 0.353 e. The highest BCUT2D eigenvalue weighted by Gasteiger charge is 2.17. The van der Waals surface area contributed by atoms with E-state index < -0.39 is 0 Å². The van der Waals surface area contributed by atoms with Gasteiger partial charge in [0.2, 0.25) is 5.91 Å². The van der Waals surface area contributed by atoms with Gasteiger partial charge >= 0.3 is 0 Å². The van der Waals surface area contributed by atoms with Crippen molar-refractivity contribution in [2.75, 3.05) is 5.75 Å². The van der Waals surface area contributed by atoms with Gasteiger partial charge in [-0.2, -0.15) is 0 Å². The lowest BCUT2D eigenvalue weighted by Crippen LogP contribution is -2.29. The third kappa shape index (κ3) is 4.56. The van der Waals surface area contributed by atoms with E-state index in [0.29, 0.717) is 16.2 Å². The van der Waals surface area contributed by atoms with E-state index in [1.165, 1.54) is 11.8 Å². The average molecular weight is 433 g/mol. The second-order valence-corrected chi connectivity index (χ2v) is 8.51. The van der Waals surface area contributed by atoms with Gasteiger partial charge in [0, 0.05) is 5.69 Å². The van der Waals surface area contributed by atoms with Crippen LogP contribution in [0.2, 0.25) is 0 Å². The zero-order chi connectivity index (χ0) is 22.0. The minimum absolute atomic E-state index is 0.101. The van der Waals surface area contributed by atoms with Crippen LogP contribution in [0.4, 0.5) is 0 Å². The third-order valence-corrected chi connectivity index (χ3v) is 6.00. The van der Waals surface area contributed by atoms with E-state index in [0.717, 1.165) is 22.5 Å². The van der Waals surface area contributed by atoms with Crippen LogP contribution in [0.25, 0.3) is 16.7 Å². The van der Waals surface area contributed by atoms with Crippen LogP contribution in [0.5, 0.6) is 0 Å². The molecule has 0 aliphatic carbocycles. The summed E-state index contributed by atoms with van der Waals surface area (Å²) in [6, 6.07) is 19.2. The molecule has 0 spiro atoms. The number of carbonyl (C=O) groups is 1. The molecule has 158 valence electrons. The van der Waals surface area contributed by atoms with Crippen molar-refractivity contribution in [1.29, 1.82) is 0 Å². The first-order valence-corrected chi connectivity index (χ1v) is 11.1. The number of amides is 1. The minimum atomic E-state index is -0.178. The van der Waals surface area contributed by atoms with E-state index in [1.807, 2.05) is 81.4 Å². The highest BCUT2D eigenvalue weighted by molar-refractivity contribution is 7.99. The average Bonchev–Trinajstić information content (AvgIpc) is 3.14. The molecule has 6 nitrogen and oxygen atoms in total. The van der Waals surface area contributed by atoms with Crippen LogP contribution in [0.3, 0.4) is 0 Å². The fourth-order valence-corrected chi connectivity index (χ4v) is 4.26. The monoisotopic (exact) mass is 432 g/mol. The lowest BCUT2D eigenvalue weighted by atomic mass is 10.1. The number of aryl methyl sites for hydroxylation is 2. The minimum Gasteiger partial charge on any atom is -0.353 e. The Balaban J connectivity index is 1.62. The maximum atomic E-state index is 13.2. The highest BCUT2D eigenvalue weighted by Crippen LogP contribution is 2.22. The molecule has 0 saturated carbocycles. The Morgan fingerprint density at radius 2 is 1.84 bits per heavy atom. The lowest BCUT2D eigenvalue weighted by Gasteiger charge is -2.15. The van der Waals surface area contributed by atoms with E-state index in [-0.39, 0.29) is 23.3 Å². The molecule has 31 heavy (non-hydrogen) atoms. The first-order valence-electron chi connectivity index (χ1n) is 10.1. The summed E-state index contributed by atoms with van der Waals surface area (Å²) in [5.41, 5.74) is 4.62. The SMILES string of the molecule is Cc1ccc(-n2c(SCC(=O)N[C@@H](C)c3ccccc3)nc3cc(C)[nH]c3c2=O)cc1. The zero-order valence-electron chi connectivity index (χ0n) is 17.7. The van der Waals surface area contributed by atoms with Crippen molar-refractivity contribution in [1.82, 2.24) is 19.9 Å². The molecular formula is C24H24N4O2S. The molecule has 2 heterocycles. The number of rotatable bonds is 6. The second-order valence-electron chi connectivity index (χ2n) is 7.57. The van der Waals surface area contributed by atoms with Gasteiger partial charge < -0.3 is 10.3 Å². The molecule has 0 saturated heterocycles. The molecule has 0 aliphatic heterocycles. The normalized spacial score (nSPS) is 12.1. The van der Waals surface area contributed by atoms with Crippen LogP contribution in [0, 0.1) is 13.8 Å². The number of hydrogen-bond acceptors (Lipinski definition) is 4. The predicted octanol–water partition coefficient (Wildman–Crippen LogP) is 4.30. The Labute approximate surface area is 184 Å². The molecule has 2 aromatic carbocycles. The van der Waals surface area contributed by atoms with Crippen molar-refractivity contribution >= 4 is 28.7 Å². The standard InChI is InChI=1S/C24H24N4O2S/c1-15-9-11-19(12-10-15)28-23(30)22-20(13-16(2)25-22)27-24(28)31-14-21(29)26-17(3)18-7-5-4-6-8-18/h4-13,17,25H,14H2,1-3H3,(H,26,29)/t17-/m0/s1. The number of fused-ring (bicyclic) bond motifs is 1. The van der Waals surface area contributed by atoms with Crippen LogP contribution in [-0.4, -0.2) is 26.2 Å². The van der Waals surface area contributed by atoms with E-state index >= 15 is 0 Å². The molecule has 0 bridgehead atoms. The van der Waals surface area contributed by atoms with E-state index in [4.69, 9.17) is 0 Å². The smallest absolute Gasteiger partial charge is 0.283 e. The van der Waals surface area contributed by atoms with E-state index in [9.17, 15) is 9.59 Å². The summed E-state index contributed by atoms with van der Waals surface area (Å²) in [6.07, 6.45) is 0. The Morgan fingerprint density at radius 3 is 2.55 bits per heavy atom. The third-order valence-electron chi connectivity index (χ3n) is 5.06. The van der Waals surface area contributed by atoms with Crippen LogP contribution in [0.1, 0.15) is 29.8 Å². The van der Waals surface area contributed by atoms with Crippen molar-refractivity contribution in [3.05, 3.63) is 87.8 Å². The zero-order valence-corrected chi connectivity index (χ0v) is 18.5. The van der Waals surface area contributed by atoms with Gasteiger partial charge in [-0.1, -0.05) is 59.8 Å². The number of aromatic amines is 1. The van der Waals surface area contributed by atoms with Gasteiger partial charge in [-0.25, -0.2) is 4.98 Å². The van der Waals surface area contributed by atoms with Crippen molar-refractivity contribution in [3.63, 3.8) is 0 Å². The summed E-state index contributed by atoms with van der Waals surface area (Å²) in [4.78, 5) is 33.6. The topological polar surface area (TPSA) is 79.8 Å². The highest BCUT2D eigenvalue weighted by atomic mass is 32.2. The Kier molecular flexibility index (Phi) is 5.95. The molecule has 0 unspecified atom stereocenters. The van der Waals surface area contributed by atoms with Gasteiger partial charge in [0.15, 0.2) is 5.16 Å². The number of thioether (sulfide) groups is 1. The molecule has 2 aromatic heterocycles. The van der Waals surface area contributed by atoms with Gasteiger partial charge in [0.05, 0.1) is 23.0 Å². The molecule has 0 fully saturated rings. The van der Waals surface area contributed by atoms with Crippen LogP contribution < -0.4 is 10.9 Å². The fourth-order valence-electron chi connectivity index (χ4n) is 3.43. The maximum absolute atomic E-state index is 13.2. The van der Waals surface area contributed by atoms with Crippen LogP contribution in [-0.2, 0) is 4.79 Å². The molecule has 0 aliphatic rings. The number of carbonyl (C=O) groups excluding carboxylic acids is 1. The molecule has 1 amide bonds. The number of aromatic nitrogens is 3. The van der Waals surface area contributed by atoms with E-state index in [1.54, 1.807) is 4.57 Å². The summed E-state index contributed by atoms with van der Waals surface area (Å²) in [6.45, 7) is 5.84. The van der Waals surface area contributed by atoms with Gasteiger partial charge in [-0.05, 0) is 44.5 Å². The molecule has 2 N–H and O–H groups in total. The molecule has 7 heteroatoms. The first-order chi connectivity index (χ1) is 14.9. The Bertz CT molecular complexity index is 1280. The summed E-state index contributed by atoms with van der Waals surface area (Å²) in [5, 5.41) is 3.50. The maximum Gasteiger partial charge on any atom is 0.283 e. The van der Waals surface area contributed by atoms with Crippen LogP contribution >= 0.6 is 11.8 Å². The predicted molar refractivity (Wildman–Crippen MR) is 125 cm³/mol. The van der Waals surface area contributed by atoms with Gasteiger partial charge in [-0.3, -0.25) is 14.2 Å². The molecule has 4 aromatic rings. The van der Waals surface area contributed by atoms with Gasteiger partial charge in [0.25, 0.3) is 5.56 Å². The van der Waals surface area contributed by atoms with Crippen LogP contribution in [0.15, 0.2) is 70.6 Å². The molecule has 0 radical (unpaired) electrons. The number of hydrogen-bond donors (Lipinski definition) is 2. The molecule has 4 rings (SSSR count). The molecule has 1 atom stereocenters. The van der Waals surface area contributed by atoms with Gasteiger partial charge in [-0.15, -0.1) is 0 Å². The lowest BCUT2D eigenvalue weighted by molar-refractivity contribution is -0.119. The number of nitrogens with one attached hydrogen (secondary N) is 2. The summed E-state index contributed by atoms with van der Waals surface area (Å²) < 4.78 is 1.57. The second kappa shape index (κ2) is 8.81. The quantitative estimate of drug-likeness (QED) is 0.352. The number of benzene rings is 2. The summed E-state index contributed by atoms with van der Waals surface area (Å²) in [5.74, 6) is 0.0427. The van der Waals surface area contributed by atoms with Crippen molar-refractivity contribution in [2.24, 2.45) is 0 Å². The first kappa shape index (κ1) is 20.9. The summed E-state index contributed by atoms with van der Waals surface area (Å²) >= 11 is 1.26. The van der Waals surface area contributed by atoms with Crippen molar-refractivity contribution < 1.29 is 4.79 Å². The Hall–Kier alpha value is -3.32.